The molecule has 9 heteroatoms. The first kappa shape index (κ1) is 25.3. The predicted octanol–water partition coefficient (Wildman–Crippen LogP) is 4.31. The number of nitrogens with one attached hydrogen (secondary N) is 3. The molecule has 2 aromatic heterocycles. The quantitative estimate of drug-likeness (QED) is 0.237. The molecule has 3 aromatic carbocycles. The van der Waals surface area contributed by atoms with Gasteiger partial charge in [-0.05, 0) is 53.6 Å². The van der Waals surface area contributed by atoms with Crippen molar-refractivity contribution >= 4 is 34.1 Å². The van der Waals surface area contributed by atoms with Crippen molar-refractivity contribution in [2.24, 2.45) is 7.05 Å². The average Bonchev–Trinajstić information content (AvgIpc) is 3.41. The number of pyridine rings is 1. The van der Waals surface area contributed by atoms with Crippen molar-refractivity contribution in [3.63, 3.8) is 0 Å². The van der Waals surface area contributed by atoms with E-state index in [4.69, 9.17) is 10.5 Å². The standard InChI is InChI=1S/C30H27N5O4/c1-35-17-23(19-11-13-21(39-2)14-12-19)22-15-26(33-27(22)30(35)38)29(37)32-16-18-7-9-20(10-8-18)28(36)34-25-6-4-3-5-24(25)31/h3-15,17,33H,16,31H2,1-2H3,(H,32,37)(H,34,36). The van der Waals surface area contributed by atoms with E-state index in [2.05, 4.69) is 15.6 Å². The van der Waals surface area contributed by atoms with Crippen molar-refractivity contribution < 1.29 is 14.3 Å². The number of ether oxygens (including phenoxy) is 1. The molecule has 0 saturated heterocycles. The zero-order valence-corrected chi connectivity index (χ0v) is 21.4. The fraction of sp³-hybridized carbons (Fsp3) is 0.100. The van der Waals surface area contributed by atoms with Crippen LogP contribution in [0.4, 0.5) is 11.4 Å². The number of rotatable bonds is 7. The highest BCUT2D eigenvalue weighted by molar-refractivity contribution is 6.06. The topological polar surface area (TPSA) is 131 Å². The molecule has 0 aliphatic heterocycles. The summed E-state index contributed by atoms with van der Waals surface area (Å²) in [4.78, 5) is 41.3. The van der Waals surface area contributed by atoms with Gasteiger partial charge in [0.15, 0.2) is 0 Å². The largest absolute Gasteiger partial charge is 0.497 e. The highest BCUT2D eigenvalue weighted by Crippen LogP contribution is 2.29. The number of nitrogen functional groups attached to an aromatic ring is 1. The van der Waals surface area contributed by atoms with Crippen LogP contribution in [-0.2, 0) is 13.6 Å². The number of hydrogen-bond donors (Lipinski definition) is 4. The molecule has 0 aliphatic carbocycles. The number of carbonyl (C=O) groups excluding carboxylic acids is 2. The first-order valence-corrected chi connectivity index (χ1v) is 12.2. The highest BCUT2D eigenvalue weighted by atomic mass is 16.5. The molecular weight excluding hydrogens is 494 g/mol. The Labute approximate surface area is 224 Å². The van der Waals surface area contributed by atoms with Crippen LogP contribution in [0.25, 0.3) is 22.0 Å². The molecule has 0 aliphatic rings. The number of aromatic nitrogens is 2. The number of aryl methyl sites for hydroxylation is 1. The molecule has 5 aromatic rings. The summed E-state index contributed by atoms with van der Waals surface area (Å²) in [5, 5.41) is 6.31. The molecule has 0 radical (unpaired) electrons. The van der Waals surface area contributed by atoms with Crippen LogP contribution in [0.3, 0.4) is 0 Å². The molecule has 0 fully saturated rings. The minimum absolute atomic E-state index is 0.229. The molecule has 5 rings (SSSR count). The third-order valence-electron chi connectivity index (χ3n) is 6.49. The number of amides is 2. The van der Waals surface area contributed by atoms with Gasteiger partial charge in [-0.25, -0.2) is 0 Å². The Hall–Kier alpha value is -5.31. The zero-order valence-electron chi connectivity index (χ0n) is 21.4. The van der Waals surface area contributed by atoms with Gasteiger partial charge in [-0.1, -0.05) is 36.4 Å². The highest BCUT2D eigenvalue weighted by Gasteiger charge is 2.16. The Kier molecular flexibility index (Phi) is 6.88. The predicted molar refractivity (Wildman–Crippen MR) is 152 cm³/mol. The Morgan fingerprint density at radius 1 is 0.974 bits per heavy atom. The summed E-state index contributed by atoms with van der Waals surface area (Å²) in [7, 11) is 3.28. The number of fused-ring (bicyclic) bond motifs is 1. The summed E-state index contributed by atoms with van der Waals surface area (Å²) in [5.41, 5.74) is 10.3. The summed E-state index contributed by atoms with van der Waals surface area (Å²) in [6.07, 6.45) is 1.76. The van der Waals surface area contributed by atoms with Gasteiger partial charge in [0.2, 0.25) is 0 Å². The monoisotopic (exact) mass is 521 g/mol. The van der Waals surface area contributed by atoms with Crippen LogP contribution in [0.1, 0.15) is 26.4 Å². The maximum Gasteiger partial charge on any atom is 0.274 e. The van der Waals surface area contributed by atoms with E-state index in [9.17, 15) is 14.4 Å². The second-order valence-corrected chi connectivity index (χ2v) is 9.08. The molecule has 0 atom stereocenters. The van der Waals surface area contributed by atoms with Crippen LogP contribution in [0.5, 0.6) is 5.75 Å². The normalized spacial score (nSPS) is 10.8. The van der Waals surface area contributed by atoms with E-state index in [1.807, 2.05) is 24.3 Å². The third-order valence-corrected chi connectivity index (χ3v) is 6.49. The van der Waals surface area contributed by atoms with Gasteiger partial charge in [-0.15, -0.1) is 0 Å². The Balaban J connectivity index is 1.31. The molecule has 9 nitrogen and oxygen atoms in total. The summed E-state index contributed by atoms with van der Waals surface area (Å²) < 4.78 is 6.73. The molecule has 0 saturated carbocycles. The molecule has 0 unspecified atom stereocenters. The number of hydrogen-bond acceptors (Lipinski definition) is 5. The molecule has 196 valence electrons. The van der Waals surface area contributed by atoms with Gasteiger partial charge < -0.3 is 30.7 Å². The molecule has 39 heavy (non-hydrogen) atoms. The van der Waals surface area contributed by atoms with Crippen molar-refractivity contribution in [3.05, 3.63) is 112 Å². The van der Waals surface area contributed by atoms with Crippen LogP contribution in [0.15, 0.2) is 89.9 Å². The van der Waals surface area contributed by atoms with Gasteiger partial charge in [-0.2, -0.15) is 0 Å². The number of nitrogens with zero attached hydrogens (tertiary/aromatic N) is 1. The Morgan fingerprint density at radius 2 is 1.69 bits per heavy atom. The van der Waals surface area contributed by atoms with Gasteiger partial charge >= 0.3 is 0 Å². The zero-order chi connectivity index (χ0) is 27.5. The molecule has 2 amide bonds. The van der Waals surface area contributed by atoms with Crippen molar-refractivity contribution in [2.45, 2.75) is 6.54 Å². The first-order valence-electron chi connectivity index (χ1n) is 12.2. The van der Waals surface area contributed by atoms with E-state index >= 15 is 0 Å². The van der Waals surface area contributed by atoms with Crippen LogP contribution in [0.2, 0.25) is 0 Å². The summed E-state index contributed by atoms with van der Waals surface area (Å²) in [6.45, 7) is 0.241. The van der Waals surface area contributed by atoms with Gasteiger partial charge in [0.1, 0.15) is 17.0 Å². The second-order valence-electron chi connectivity index (χ2n) is 9.08. The molecular formula is C30H27N5O4. The van der Waals surface area contributed by atoms with E-state index in [1.165, 1.54) is 4.57 Å². The number of nitrogens with two attached hydrogens (primary N) is 1. The number of aromatic amines is 1. The number of carbonyl (C=O) groups is 2. The van der Waals surface area contributed by atoms with E-state index in [-0.39, 0.29) is 29.6 Å². The lowest BCUT2D eigenvalue weighted by molar-refractivity contribution is 0.0945. The van der Waals surface area contributed by atoms with Crippen LogP contribution in [0, 0.1) is 0 Å². The number of methoxy groups -OCH3 is 1. The SMILES string of the molecule is COc1ccc(-c2cn(C)c(=O)c3[nH]c(C(=O)NCc4ccc(C(=O)Nc5ccccc5N)cc4)cc23)cc1. The van der Waals surface area contributed by atoms with Crippen LogP contribution >= 0.6 is 0 Å². The van der Waals surface area contributed by atoms with Crippen LogP contribution in [-0.4, -0.2) is 28.5 Å². The van der Waals surface area contributed by atoms with E-state index in [0.717, 1.165) is 22.4 Å². The van der Waals surface area contributed by atoms with E-state index in [0.29, 0.717) is 27.8 Å². The van der Waals surface area contributed by atoms with Gasteiger partial charge in [-0.3, -0.25) is 14.4 Å². The Bertz CT molecular complexity index is 1730. The Morgan fingerprint density at radius 3 is 2.38 bits per heavy atom. The summed E-state index contributed by atoms with van der Waals surface area (Å²) in [6, 6.07) is 23.1. The van der Waals surface area contributed by atoms with Gasteiger partial charge in [0.25, 0.3) is 17.4 Å². The number of benzene rings is 3. The lowest BCUT2D eigenvalue weighted by atomic mass is 10.0. The minimum Gasteiger partial charge on any atom is -0.497 e. The first-order chi connectivity index (χ1) is 18.8. The lowest BCUT2D eigenvalue weighted by Crippen LogP contribution is -2.23. The maximum atomic E-state index is 13.0. The van der Waals surface area contributed by atoms with Crippen molar-refractivity contribution in [2.75, 3.05) is 18.2 Å². The minimum atomic E-state index is -0.352. The van der Waals surface area contributed by atoms with Crippen molar-refractivity contribution in [3.8, 4) is 16.9 Å². The smallest absolute Gasteiger partial charge is 0.274 e. The summed E-state index contributed by atoms with van der Waals surface area (Å²) >= 11 is 0. The molecule has 0 bridgehead atoms. The average molecular weight is 522 g/mol. The molecule has 0 spiro atoms. The van der Waals surface area contributed by atoms with Crippen molar-refractivity contribution in [1.29, 1.82) is 0 Å². The molecule has 2 heterocycles. The maximum absolute atomic E-state index is 13.0. The van der Waals surface area contributed by atoms with E-state index in [1.54, 1.807) is 75.0 Å². The second kappa shape index (κ2) is 10.6. The van der Waals surface area contributed by atoms with E-state index < -0.39 is 0 Å². The number of para-hydroxylation sites is 2. The lowest BCUT2D eigenvalue weighted by Gasteiger charge is -2.09. The fourth-order valence-electron chi connectivity index (χ4n) is 4.31. The summed E-state index contributed by atoms with van der Waals surface area (Å²) in [5.74, 6) is 0.0922. The third kappa shape index (κ3) is 5.24. The molecule has 5 N–H and O–H groups in total. The van der Waals surface area contributed by atoms with Gasteiger partial charge in [0, 0.05) is 36.3 Å². The fourth-order valence-corrected chi connectivity index (χ4v) is 4.31. The number of anilines is 2. The van der Waals surface area contributed by atoms with Gasteiger partial charge in [0.05, 0.1) is 18.5 Å². The van der Waals surface area contributed by atoms with Crippen LogP contribution < -0.4 is 26.7 Å². The number of H-pyrrole nitrogens is 1. The van der Waals surface area contributed by atoms with Crippen molar-refractivity contribution in [1.82, 2.24) is 14.9 Å².